The van der Waals surface area contributed by atoms with E-state index in [0.717, 1.165) is 41.5 Å². The van der Waals surface area contributed by atoms with Crippen LogP contribution in [0.15, 0.2) is 48.5 Å². The largest absolute Gasteiger partial charge is 0.493 e. The van der Waals surface area contributed by atoms with Crippen molar-refractivity contribution in [2.45, 2.75) is 52.9 Å². The van der Waals surface area contributed by atoms with Crippen LogP contribution in [0.3, 0.4) is 0 Å². The Morgan fingerprint density at radius 1 is 0.558 bits per heavy atom. The highest BCUT2D eigenvalue weighted by atomic mass is 16.5. The minimum absolute atomic E-state index is 0.517. The van der Waals surface area contributed by atoms with Gasteiger partial charge in [0, 0.05) is 0 Å². The van der Waals surface area contributed by atoms with Crippen LogP contribution in [0.2, 0.25) is 0 Å². The molecular weight excluding hydrogens is 540 g/mol. The van der Waals surface area contributed by atoms with Crippen molar-refractivity contribution in [1.82, 2.24) is 0 Å². The van der Waals surface area contributed by atoms with Crippen molar-refractivity contribution in [2.75, 3.05) is 41.7 Å². The minimum atomic E-state index is 0.517. The lowest BCUT2D eigenvalue weighted by Gasteiger charge is -2.19. The number of rotatable bonds is 18. The van der Waals surface area contributed by atoms with E-state index in [-0.39, 0.29) is 0 Å². The third-order valence-electron chi connectivity index (χ3n) is 7.30. The molecule has 0 fully saturated rings. The van der Waals surface area contributed by atoms with Crippen LogP contribution in [0.25, 0.3) is 24.3 Å². The first-order chi connectivity index (χ1) is 21.0. The molecule has 0 aliphatic rings. The molecular formula is C37H48O6. The summed E-state index contributed by atoms with van der Waals surface area (Å²) in [5, 5.41) is 0. The number of hydrogen-bond acceptors (Lipinski definition) is 6. The van der Waals surface area contributed by atoms with Crippen LogP contribution in [0.5, 0.6) is 34.5 Å². The fourth-order valence-electron chi connectivity index (χ4n) is 4.68. The molecule has 0 saturated heterocycles. The first kappa shape index (κ1) is 33.4. The van der Waals surface area contributed by atoms with Gasteiger partial charge in [0.2, 0.25) is 11.5 Å². The average Bonchev–Trinajstić information content (AvgIpc) is 3.05. The van der Waals surface area contributed by atoms with Crippen molar-refractivity contribution in [2.24, 2.45) is 5.92 Å². The lowest BCUT2D eigenvalue weighted by Crippen LogP contribution is -2.12. The summed E-state index contributed by atoms with van der Waals surface area (Å²) in [6.07, 6.45) is 13.8. The molecule has 0 radical (unpaired) electrons. The van der Waals surface area contributed by atoms with Crippen LogP contribution in [0.4, 0.5) is 0 Å². The van der Waals surface area contributed by atoms with Crippen LogP contribution in [-0.4, -0.2) is 41.7 Å². The van der Waals surface area contributed by atoms with Gasteiger partial charge in [-0.05, 0) is 65.3 Å². The van der Waals surface area contributed by atoms with E-state index >= 15 is 0 Å². The van der Waals surface area contributed by atoms with Gasteiger partial charge < -0.3 is 28.4 Å². The van der Waals surface area contributed by atoms with Crippen LogP contribution in [0, 0.1) is 5.92 Å². The highest BCUT2D eigenvalue weighted by molar-refractivity contribution is 5.75. The molecule has 0 saturated carbocycles. The van der Waals surface area contributed by atoms with Gasteiger partial charge in [-0.2, -0.15) is 0 Å². The Hall–Kier alpha value is -4.06. The van der Waals surface area contributed by atoms with Gasteiger partial charge in [0.05, 0.1) is 41.7 Å². The fourth-order valence-corrected chi connectivity index (χ4v) is 4.68. The van der Waals surface area contributed by atoms with Crippen molar-refractivity contribution in [3.05, 3.63) is 70.8 Å². The maximum atomic E-state index is 6.23. The van der Waals surface area contributed by atoms with Gasteiger partial charge in [-0.15, -0.1) is 0 Å². The highest BCUT2D eigenvalue weighted by Gasteiger charge is 2.16. The van der Waals surface area contributed by atoms with Crippen molar-refractivity contribution < 1.29 is 28.4 Å². The molecule has 0 N–H and O–H groups in total. The molecule has 0 heterocycles. The second-order valence-electron chi connectivity index (χ2n) is 10.4. The second kappa shape index (κ2) is 17.8. The summed E-state index contributed by atoms with van der Waals surface area (Å²) < 4.78 is 34.6. The Morgan fingerprint density at radius 3 is 1.35 bits per heavy atom. The van der Waals surface area contributed by atoms with Gasteiger partial charge in [-0.1, -0.05) is 88.6 Å². The predicted molar refractivity (Wildman–Crippen MR) is 178 cm³/mol. The van der Waals surface area contributed by atoms with Crippen molar-refractivity contribution in [3.8, 4) is 34.5 Å². The van der Waals surface area contributed by atoms with Crippen molar-refractivity contribution in [1.29, 1.82) is 0 Å². The topological polar surface area (TPSA) is 55.4 Å². The van der Waals surface area contributed by atoms with Gasteiger partial charge in [-0.25, -0.2) is 0 Å². The van der Waals surface area contributed by atoms with Crippen LogP contribution in [-0.2, 0) is 0 Å². The Bertz CT molecular complexity index is 1280. The zero-order valence-electron chi connectivity index (χ0n) is 26.9. The summed E-state index contributed by atoms with van der Waals surface area (Å²) in [6.45, 7) is 7.75. The lowest BCUT2D eigenvalue weighted by atomic mass is 10.0. The van der Waals surface area contributed by atoms with Gasteiger partial charge in [-0.3, -0.25) is 0 Å². The first-order valence-electron chi connectivity index (χ1n) is 15.2. The smallest absolute Gasteiger partial charge is 0.203 e. The van der Waals surface area contributed by atoms with E-state index in [1.54, 1.807) is 28.4 Å². The molecule has 6 nitrogen and oxygen atoms in total. The summed E-state index contributed by atoms with van der Waals surface area (Å²) in [6, 6.07) is 16.2. The molecule has 3 aromatic carbocycles. The molecule has 0 bridgehead atoms. The first-order valence-corrected chi connectivity index (χ1v) is 15.2. The van der Waals surface area contributed by atoms with Gasteiger partial charge >= 0.3 is 0 Å². The van der Waals surface area contributed by atoms with E-state index in [9.17, 15) is 0 Å². The van der Waals surface area contributed by atoms with E-state index in [2.05, 4.69) is 63.3 Å². The normalized spacial score (nSPS) is 12.0. The maximum absolute atomic E-state index is 6.23. The van der Waals surface area contributed by atoms with E-state index in [4.69, 9.17) is 28.4 Å². The number of benzene rings is 3. The molecule has 3 aromatic rings. The molecule has 6 heteroatoms. The lowest BCUT2D eigenvalue weighted by molar-refractivity contribution is 0.215. The average molecular weight is 589 g/mol. The van der Waals surface area contributed by atoms with Gasteiger partial charge in [0.1, 0.15) is 0 Å². The summed E-state index contributed by atoms with van der Waals surface area (Å²) in [5.41, 5.74) is 4.09. The van der Waals surface area contributed by atoms with E-state index in [1.807, 2.05) is 30.3 Å². The Kier molecular flexibility index (Phi) is 13.8. The molecule has 0 aliphatic carbocycles. The predicted octanol–water partition coefficient (Wildman–Crippen LogP) is 9.45. The minimum Gasteiger partial charge on any atom is -0.493 e. The molecule has 0 aliphatic heterocycles. The number of methoxy groups -OCH3 is 4. The van der Waals surface area contributed by atoms with Crippen molar-refractivity contribution >= 4 is 24.3 Å². The molecule has 0 aromatic heterocycles. The number of hydrogen-bond donors (Lipinski definition) is 0. The third-order valence-corrected chi connectivity index (χ3v) is 7.30. The zero-order chi connectivity index (χ0) is 31.0. The third kappa shape index (κ3) is 9.74. The zero-order valence-corrected chi connectivity index (χ0v) is 26.9. The Morgan fingerprint density at radius 2 is 0.977 bits per heavy atom. The van der Waals surface area contributed by atoms with E-state index in [0.29, 0.717) is 53.6 Å². The quantitative estimate of drug-likeness (QED) is 0.138. The van der Waals surface area contributed by atoms with Crippen LogP contribution in [0.1, 0.15) is 75.1 Å². The molecule has 0 spiro atoms. The van der Waals surface area contributed by atoms with Crippen LogP contribution >= 0.6 is 0 Å². The molecule has 1 atom stereocenters. The maximum Gasteiger partial charge on any atom is 0.203 e. The number of unbranched alkanes of at least 4 members (excludes halogenated alkanes) is 1. The van der Waals surface area contributed by atoms with Gasteiger partial charge in [0.25, 0.3) is 0 Å². The Balaban J connectivity index is 1.72. The summed E-state index contributed by atoms with van der Waals surface area (Å²) >= 11 is 0. The Labute approximate surface area is 258 Å². The standard InChI is InChI=1S/C37H48O6/c1-8-11-12-27(10-3)26-43-37-34(40-6)24-31(25-35(37)41-7)20-18-29-15-13-28(14-16-29)17-19-30-22-32(38-4)36(42-21-9-2)33(23-30)39-5/h13-20,22-25,27H,8-12,21,26H2,1-7H3. The molecule has 3 rings (SSSR count). The molecule has 43 heavy (non-hydrogen) atoms. The van der Waals surface area contributed by atoms with E-state index < -0.39 is 0 Å². The summed E-state index contributed by atoms with van der Waals surface area (Å²) in [4.78, 5) is 0. The fraction of sp³-hybridized carbons (Fsp3) is 0.405. The molecule has 232 valence electrons. The van der Waals surface area contributed by atoms with Crippen molar-refractivity contribution in [3.63, 3.8) is 0 Å². The molecule has 0 amide bonds. The highest BCUT2D eigenvalue weighted by Crippen LogP contribution is 2.40. The number of ether oxygens (including phenoxy) is 6. The SMILES string of the molecule is CCCCC(CC)COc1c(OC)cc(C=Cc2ccc(C=Cc3cc(OC)c(OCCC)c(OC)c3)cc2)cc1OC. The summed E-state index contributed by atoms with van der Waals surface area (Å²) in [5.74, 6) is 4.45. The van der Waals surface area contributed by atoms with Crippen LogP contribution < -0.4 is 28.4 Å². The second-order valence-corrected chi connectivity index (χ2v) is 10.4. The van der Waals surface area contributed by atoms with E-state index in [1.165, 1.54) is 12.8 Å². The monoisotopic (exact) mass is 588 g/mol. The van der Waals surface area contributed by atoms with Gasteiger partial charge in [0.15, 0.2) is 23.0 Å². The molecule has 1 unspecified atom stereocenters. The summed E-state index contributed by atoms with van der Waals surface area (Å²) in [7, 11) is 6.60.